The highest BCUT2D eigenvalue weighted by Gasteiger charge is 2.12. The van der Waals surface area contributed by atoms with Crippen LogP contribution in [0.25, 0.3) is 22.3 Å². The van der Waals surface area contributed by atoms with Crippen molar-refractivity contribution < 1.29 is 9.53 Å². The SMILES string of the molecule is O=C(/C=C/c1ccc(OCc2ccccc2Cl)cc1)Nc1nc2scc(-c3ccccc3)n2n1. The van der Waals surface area contributed by atoms with Crippen LogP contribution in [0.1, 0.15) is 11.1 Å². The number of nitrogens with one attached hydrogen (secondary N) is 1. The molecule has 0 saturated heterocycles. The van der Waals surface area contributed by atoms with Crippen molar-refractivity contribution >= 4 is 45.8 Å². The van der Waals surface area contributed by atoms with E-state index in [0.717, 1.165) is 28.1 Å². The summed E-state index contributed by atoms with van der Waals surface area (Å²) in [5.41, 5.74) is 3.76. The Kier molecular flexibility index (Phi) is 6.38. The lowest BCUT2D eigenvalue weighted by atomic mass is 10.2. The van der Waals surface area contributed by atoms with Gasteiger partial charge in [-0.1, -0.05) is 72.3 Å². The third-order valence-electron chi connectivity index (χ3n) is 5.05. The van der Waals surface area contributed by atoms with Crippen molar-refractivity contribution in [1.82, 2.24) is 14.6 Å². The number of thiazole rings is 1. The summed E-state index contributed by atoms with van der Waals surface area (Å²) in [7, 11) is 0. The van der Waals surface area contributed by atoms with Gasteiger partial charge in [0.15, 0.2) is 0 Å². The molecule has 0 aliphatic carbocycles. The highest BCUT2D eigenvalue weighted by atomic mass is 35.5. The predicted molar refractivity (Wildman–Crippen MR) is 136 cm³/mol. The van der Waals surface area contributed by atoms with Crippen molar-refractivity contribution in [3.05, 3.63) is 106 Å². The van der Waals surface area contributed by atoms with Gasteiger partial charge in [-0.2, -0.15) is 4.98 Å². The maximum Gasteiger partial charge on any atom is 0.250 e. The number of nitrogens with zero attached hydrogens (tertiary/aromatic N) is 3. The summed E-state index contributed by atoms with van der Waals surface area (Å²) < 4.78 is 7.53. The molecule has 6 nitrogen and oxygen atoms in total. The number of halogens is 1. The molecule has 0 aliphatic heterocycles. The maximum absolute atomic E-state index is 12.4. The third-order valence-corrected chi connectivity index (χ3v) is 6.23. The summed E-state index contributed by atoms with van der Waals surface area (Å²) >= 11 is 7.63. The van der Waals surface area contributed by atoms with E-state index in [-0.39, 0.29) is 11.9 Å². The van der Waals surface area contributed by atoms with Gasteiger partial charge >= 0.3 is 0 Å². The normalized spacial score (nSPS) is 11.2. The van der Waals surface area contributed by atoms with Crippen molar-refractivity contribution in [1.29, 1.82) is 0 Å². The van der Waals surface area contributed by atoms with Gasteiger partial charge in [0, 0.05) is 27.6 Å². The Balaban J connectivity index is 1.20. The monoisotopic (exact) mass is 486 g/mol. The molecule has 2 aromatic heterocycles. The lowest BCUT2D eigenvalue weighted by molar-refractivity contribution is -0.111. The molecule has 0 bridgehead atoms. The number of hydrogen-bond acceptors (Lipinski definition) is 5. The van der Waals surface area contributed by atoms with Crippen molar-refractivity contribution in [2.24, 2.45) is 0 Å². The highest BCUT2D eigenvalue weighted by Crippen LogP contribution is 2.25. The molecule has 0 spiro atoms. The van der Waals surface area contributed by atoms with Crippen molar-refractivity contribution in [3.63, 3.8) is 0 Å². The quantitative estimate of drug-likeness (QED) is 0.272. The van der Waals surface area contributed by atoms with Crippen LogP contribution in [0.5, 0.6) is 5.75 Å². The van der Waals surface area contributed by atoms with Crippen molar-refractivity contribution in [3.8, 4) is 17.0 Å². The molecule has 0 fully saturated rings. The molecule has 1 N–H and O–H groups in total. The Hall–Kier alpha value is -3.94. The van der Waals surface area contributed by atoms with Crippen LogP contribution >= 0.6 is 22.9 Å². The van der Waals surface area contributed by atoms with E-state index in [2.05, 4.69) is 15.4 Å². The van der Waals surface area contributed by atoms with Crippen molar-refractivity contribution in [2.45, 2.75) is 6.61 Å². The van der Waals surface area contributed by atoms with E-state index in [4.69, 9.17) is 16.3 Å². The predicted octanol–water partition coefficient (Wildman–Crippen LogP) is 6.34. The van der Waals surface area contributed by atoms with Crippen LogP contribution in [0.3, 0.4) is 0 Å². The summed E-state index contributed by atoms with van der Waals surface area (Å²) in [6, 6.07) is 25.0. The van der Waals surface area contributed by atoms with Crippen LogP contribution in [-0.2, 0) is 11.4 Å². The molecule has 5 aromatic rings. The second kappa shape index (κ2) is 9.91. The molecule has 0 unspecified atom stereocenters. The average Bonchev–Trinajstić information content (AvgIpc) is 3.44. The third kappa shape index (κ3) is 5.01. The molecule has 0 atom stereocenters. The molecular formula is C26H19ClN4O2S. The standard InChI is InChI=1S/C26H19ClN4O2S/c27-22-9-5-4-8-20(22)16-33-21-13-10-18(11-14-21)12-15-24(32)28-25-29-26-31(30-25)23(17-34-26)19-6-2-1-3-7-19/h1-15,17H,16H2,(H,28,30,32)/b15-12+. The number of rotatable bonds is 7. The molecule has 34 heavy (non-hydrogen) atoms. The van der Waals surface area contributed by atoms with E-state index >= 15 is 0 Å². The van der Waals surface area contributed by atoms with Crippen LogP contribution < -0.4 is 10.1 Å². The second-order valence-corrected chi connectivity index (χ2v) is 8.63. The Labute approximate surface area is 205 Å². The molecule has 1 amide bonds. The Bertz CT molecular complexity index is 1460. The first-order valence-corrected chi connectivity index (χ1v) is 11.8. The van der Waals surface area contributed by atoms with Gasteiger partial charge in [0.2, 0.25) is 4.96 Å². The Morgan fingerprint density at radius 2 is 1.79 bits per heavy atom. The van der Waals surface area contributed by atoms with Gasteiger partial charge in [-0.05, 0) is 29.8 Å². The van der Waals surface area contributed by atoms with Gasteiger partial charge in [0.1, 0.15) is 12.4 Å². The number of carbonyl (C=O) groups excluding carboxylic acids is 1. The molecule has 5 rings (SSSR count). The largest absolute Gasteiger partial charge is 0.489 e. The van der Waals surface area contributed by atoms with E-state index in [1.54, 1.807) is 10.6 Å². The number of aromatic nitrogens is 3. The summed E-state index contributed by atoms with van der Waals surface area (Å²) in [6.07, 6.45) is 3.17. The zero-order valence-electron chi connectivity index (χ0n) is 17.9. The molecule has 0 saturated carbocycles. The van der Waals surface area contributed by atoms with Crippen molar-refractivity contribution in [2.75, 3.05) is 5.32 Å². The van der Waals surface area contributed by atoms with E-state index in [9.17, 15) is 4.79 Å². The number of anilines is 1. The average molecular weight is 487 g/mol. The zero-order chi connectivity index (χ0) is 23.3. The summed E-state index contributed by atoms with van der Waals surface area (Å²) in [5, 5.41) is 9.83. The molecule has 8 heteroatoms. The fraction of sp³-hybridized carbons (Fsp3) is 0.0385. The summed E-state index contributed by atoms with van der Waals surface area (Å²) in [5.74, 6) is 0.679. The van der Waals surface area contributed by atoms with Crippen LogP contribution in [0.2, 0.25) is 5.02 Å². The Morgan fingerprint density at radius 3 is 2.59 bits per heavy atom. The minimum Gasteiger partial charge on any atom is -0.489 e. The zero-order valence-corrected chi connectivity index (χ0v) is 19.5. The maximum atomic E-state index is 12.4. The van der Waals surface area contributed by atoms with E-state index in [0.29, 0.717) is 16.6 Å². The smallest absolute Gasteiger partial charge is 0.250 e. The first kappa shape index (κ1) is 21.9. The second-order valence-electron chi connectivity index (χ2n) is 7.39. The molecule has 0 aliphatic rings. The van der Waals surface area contributed by atoms with Gasteiger partial charge in [-0.3, -0.25) is 10.1 Å². The topological polar surface area (TPSA) is 68.5 Å². The van der Waals surface area contributed by atoms with E-state index in [1.165, 1.54) is 17.4 Å². The van der Waals surface area contributed by atoms with Gasteiger partial charge in [-0.25, -0.2) is 4.52 Å². The minimum absolute atomic E-state index is 0.266. The van der Waals surface area contributed by atoms with Gasteiger partial charge in [-0.15, -0.1) is 16.4 Å². The highest BCUT2D eigenvalue weighted by molar-refractivity contribution is 7.15. The van der Waals surface area contributed by atoms with E-state index < -0.39 is 0 Å². The number of carbonyl (C=O) groups is 1. The van der Waals surface area contributed by atoms with Gasteiger partial charge in [0.05, 0.1) is 5.69 Å². The lowest BCUT2D eigenvalue weighted by Gasteiger charge is -2.07. The molecule has 168 valence electrons. The first-order chi connectivity index (χ1) is 16.7. The summed E-state index contributed by atoms with van der Waals surface area (Å²) in [4.78, 5) is 17.5. The molecule has 0 radical (unpaired) electrons. The fourth-order valence-electron chi connectivity index (χ4n) is 3.32. The lowest BCUT2D eigenvalue weighted by Crippen LogP contribution is -2.09. The molecule has 3 aromatic carbocycles. The molecular weight excluding hydrogens is 468 g/mol. The Morgan fingerprint density at radius 1 is 1.03 bits per heavy atom. The van der Waals surface area contributed by atoms with Gasteiger partial charge < -0.3 is 4.74 Å². The van der Waals surface area contributed by atoms with E-state index in [1.807, 2.05) is 84.2 Å². The van der Waals surface area contributed by atoms with Crippen LogP contribution in [0, 0.1) is 0 Å². The number of fused-ring (bicyclic) bond motifs is 1. The van der Waals surface area contributed by atoms with Crippen LogP contribution in [0.4, 0.5) is 5.95 Å². The first-order valence-electron chi connectivity index (χ1n) is 10.5. The number of hydrogen-bond donors (Lipinski definition) is 1. The number of amides is 1. The summed E-state index contributed by atoms with van der Waals surface area (Å²) in [6.45, 7) is 0.387. The van der Waals surface area contributed by atoms with Gasteiger partial charge in [0.25, 0.3) is 11.9 Å². The van der Waals surface area contributed by atoms with Crippen LogP contribution in [0.15, 0.2) is 90.3 Å². The minimum atomic E-state index is -0.307. The number of ether oxygens (including phenoxy) is 1. The fourth-order valence-corrected chi connectivity index (χ4v) is 4.34. The number of benzene rings is 3. The molecule has 2 heterocycles. The van der Waals surface area contributed by atoms with Crippen LogP contribution in [-0.4, -0.2) is 20.5 Å².